The molecular formula is C20H22O4S. The van der Waals surface area contributed by atoms with Crippen molar-refractivity contribution in [2.45, 2.75) is 32.6 Å². The van der Waals surface area contributed by atoms with Gasteiger partial charge in [0.05, 0.1) is 11.1 Å². The smallest absolute Gasteiger partial charge is 0.336 e. The Kier molecular flexibility index (Phi) is 5.58. The van der Waals surface area contributed by atoms with Gasteiger partial charge in [-0.1, -0.05) is 45.0 Å². The number of rotatable bonds is 5. The molecule has 0 spiro atoms. The predicted molar refractivity (Wildman–Crippen MR) is 102 cm³/mol. The first-order valence-corrected chi connectivity index (χ1v) is 8.63. The second-order valence-electron chi connectivity index (χ2n) is 6.97. The summed E-state index contributed by atoms with van der Waals surface area (Å²) in [6, 6.07) is 10.3. The Morgan fingerprint density at radius 1 is 1.04 bits per heavy atom. The van der Waals surface area contributed by atoms with E-state index in [0.717, 1.165) is 5.56 Å². The molecule has 0 aromatic heterocycles. The van der Waals surface area contributed by atoms with Crippen molar-refractivity contribution in [2.75, 3.05) is 5.75 Å². The Morgan fingerprint density at radius 3 is 2.24 bits per heavy atom. The van der Waals surface area contributed by atoms with Crippen LogP contribution in [-0.4, -0.2) is 27.9 Å². The molecule has 5 heteroatoms. The third-order valence-corrected chi connectivity index (χ3v) is 4.33. The molecule has 0 atom stereocenters. The fraction of sp³-hybridized carbons (Fsp3) is 0.300. The van der Waals surface area contributed by atoms with E-state index in [9.17, 15) is 19.8 Å². The molecular weight excluding hydrogens is 336 g/mol. The maximum Gasteiger partial charge on any atom is 0.336 e. The van der Waals surface area contributed by atoms with Crippen LogP contribution in [0.5, 0.6) is 0 Å². The van der Waals surface area contributed by atoms with E-state index >= 15 is 0 Å². The summed E-state index contributed by atoms with van der Waals surface area (Å²) in [7, 11) is 0. The Hall–Kier alpha value is -2.27. The van der Waals surface area contributed by atoms with Crippen LogP contribution < -0.4 is 0 Å². The number of carbonyl (C=O) groups is 2. The lowest BCUT2D eigenvalue weighted by atomic mass is 9.83. The summed E-state index contributed by atoms with van der Waals surface area (Å²) in [5, 5.41) is 19.1. The SMILES string of the molecule is CC(C)(C)c1cc(C(=O)O)cc(-c2cccc(CCS)c2C(=O)O)c1. The van der Waals surface area contributed by atoms with Crippen molar-refractivity contribution >= 4 is 24.6 Å². The Balaban J connectivity index is 2.77. The molecule has 2 aromatic rings. The number of hydrogen-bond donors (Lipinski definition) is 3. The highest BCUT2D eigenvalue weighted by atomic mass is 32.1. The molecule has 4 nitrogen and oxygen atoms in total. The normalized spacial score (nSPS) is 11.4. The summed E-state index contributed by atoms with van der Waals surface area (Å²) in [5.74, 6) is -1.52. The number of carboxylic acids is 2. The van der Waals surface area contributed by atoms with Gasteiger partial charge in [-0.3, -0.25) is 0 Å². The maximum absolute atomic E-state index is 11.9. The first kappa shape index (κ1) is 19.1. The van der Waals surface area contributed by atoms with Gasteiger partial charge in [-0.2, -0.15) is 12.6 Å². The Morgan fingerprint density at radius 2 is 1.72 bits per heavy atom. The topological polar surface area (TPSA) is 74.6 Å². The van der Waals surface area contributed by atoms with Gasteiger partial charge < -0.3 is 10.2 Å². The number of aromatic carboxylic acids is 2. The van der Waals surface area contributed by atoms with Crippen molar-refractivity contribution in [3.63, 3.8) is 0 Å². The first-order valence-electron chi connectivity index (χ1n) is 8.00. The van der Waals surface area contributed by atoms with Crippen LogP contribution in [0, 0.1) is 0 Å². The van der Waals surface area contributed by atoms with Crippen LogP contribution >= 0.6 is 12.6 Å². The molecule has 0 heterocycles. The van der Waals surface area contributed by atoms with Crippen molar-refractivity contribution < 1.29 is 19.8 Å². The van der Waals surface area contributed by atoms with E-state index in [4.69, 9.17) is 0 Å². The number of hydrogen-bond acceptors (Lipinski definition) is 3. The zero-order valence-electron chi connectivity index (χ0n) is 14.5. The standard InChI is InChI=1S/C20H22O4S/c1-20(2,3)15-10-13(9-14(11-15)18(21)22)16-6-4-5-12(7-8-25)17(16)19(23)24/h4-6,9-11,25H,7-8H2,1-3H3,(H,21,22)(H,23,24). The maximum atomic E-state index is 11.9. The van der Waals surface area contributed by atoms with Gasteiger partial charge in [-0.25, -0.2) is 9.59 Å². The molecule has 0 aliphatic rings. The first-order chi connectivity index (χ1) is 11.6. The van der Waals surface area contributed by atoms with Crippen molar-refractivity contribution in [1.82, 2.24) is 0 Å². The van der Waals surface area contributed by atoms with Gasteiger partial charge in [0.15, 0.2) is 0 Å². The minimum Gasteiger partial charge on any atom is -0.478 e. The van der Waals surface area contributed by atoms with E-state index in [1.54, 1.807) is 24.3 Å². The van der Waals surface area contributed by atoms with Crippen LogP contribution in [0.4, 0.5) is 0 Å². The van der Waals surface area contributed by atoms with Gasteiger partial charge in [0, 0.05) is 0 Å². The van der Waals surface area contributed by atoms with E-state index in [2.05, 4.69) is 12.6 Å². The van der Waals surface area contributed by atoms with Crippen LogP contribution in [-0.2, 0) is 11.8 Å². The monoisotopic (exact) mass is 358 g/mol. The van der Waals surface area contributed by atoms with Gasteiger partial charge in [0.25, 0.3) is 0 Å². The lowest BCUT2D eigenvalue weighted by molar-refractivity contribution is 0.0686. The molecule has 2 N–H and O–H groups in total. The van der Waals surface area contributed by atoms with Gasteiger partial charge in [-0.05, 0) is 52.0 Å². The van der Waals surface area contributed by atoms with E-state index in [0.29, 0.717) is 28.9 Å². The highest BCUT2D eigenvalue weighted by Crippen LogP contribution is 2.32. The molecule has 132 valence electrons. The quantitative estimate of drug-likeness (QED) is 0.687. The summed E-state index contributed by atoms with van der Waals surface area (Å²) < 4.78 is 0. The number of benzene rings is 2. The molecule has 0 saturated carbocycles. The average molecular weight is 358 g/mol. The molecule has 2 rings (SSSR count). The summed E-state index contributed by atoms with van der Waals surface area (Å²) in [6.45, 7) is 5.98. The zero-order chi connectivity index (χ0) is 18.8. The third kappa shape index (κ3) is 4.23. The van der Waals surface area contributed by atoms with Crippen LogP contribution in [0.25, 0.3) is 11.1 Å². The van der Waals surface area contributed by atoms with E-state index in [1.165, 1.54) is 6.07 Å². The number of thiol groups is 1. The summed E-state index contributed by atoms with van der Waals surface area (Å²) in [6.07, 6.45) is 0.531. The summed E-state index contributed by atoms with van der Waals surface area (Å²) in [5.41, 5.74) is 2.77. The van der Waals surface area contributed by atoms with E-state index in [-0.39, 0.29) is 16.5 Å². The predicted octanol–water partition coefficient (Wildman–Crippen LogP) is 4.52. The lowest BCUT2D eigenvalue weighted by Gasteiger charge is -2.21. The van der Waals surface area contributed by atoms with Crippen molar-refractivity contribution in [3.8, 4) is 11.1 Å². The molecule has 0 fully saturated rings. The second kappa shape index (κ2) is 7.31. The largest absolute Gasteiger partial charge is 0.478 e. The number of carboxylic acid groups (broad SMARTS) is 2. The van der Waals surface area contributed by atoms with E-state index < -0.39 is 11.9 Å². The molecule has 2 aromatic carbocycles. The Labute approximate surface area is 152 Å². The van der Waals surface area contributed by atoms with Gasteiger partial charge in [-0.15, -0.1) is 0 Å². The Bertz CT molecular complexity index is 819. The highest BCUT2D eigenvalue weighted by Gasteiger charge is 2.21. The second-order valence-corrected chi connectivity index (χ2v) is 7.42. The summed E-state index contributed by atoms with van der Waals surface area (Å²) >= 11 is 4.20. The van der Waals surface area contributed by atoms with Crippen molar-refractivity contribution in [1.29, 1.82) is 0 Å². The van der Waals surface area contributed by atoms with Gasteiger partial charge in [0.1, 0.15) is 0 Å². The summed E-state index contributed by atoms with van der Waals surface area (Å²) in [4.78, 5) is 23.4. The van der Waals surface area contributed by atoms with Gasteiger partial charge in [0.2, 0.25) is 0 Å². The molecule has 0 saturated heterocycles. The molecule has 0 aliphatic carbocycles. The minimum atomic E-state index is -1.03. The molecule has 0 amide bonds. The van der Waals surface area contributed by atoms with E-state index in [1.807, 2.05) is 26.8 Å². The minimum absolute atomic E-state index is 0.151. The zero-order valence-corrected chi connectivity index (χ0v) is 15.4. The molecule has 0 aliphatic heterocycles. The van der Waals surface area contributed by atoms with Crippen LogP contribution in [0.15, 0.2) is 36.4 Å². The average Bonchev–Trinajstić information content (AvgIpc) is 2.53. The van der Waals surface area contributed by atoms with Crippen LogP contribution in [0.1, 0.15) is 52.6 Å². The van der Waals surface area contributed by atoms with Crippen LogP contribution in [0.3, 0.4) is 0 Å². The van der Waals surface area contributed by atoms with Gasteiger partial charge >= 0.3 is 11.9 Å². The molecule has 0 bridgehead atoms. The molecule has 0 radical (unpaired) electrons. The molecule has 25 heavy (non-hydrogen) atoms. The van der Waals surface area contributed by atoms with Crippen LogP contribution in [0.2, 0.25) is 0 Å². The molecule has 0 unspecified atom stereocenters. The fourth-order valence-corrected chi connectivity index (χ4v) is 3.00. The lowest BCUT2D eigenvalue weighted by Crippen LogP contribution is -2.13. The fourth-order valence-electron chi connectivity index (χ4n) is 2.76. The van der Waals surface area contributed by atoms with Crippen molar-refractivity contribution in [3.05, 3.63) is 58.7 Å². The number of aryl methyl sites for hydroxylation is 1. The highest BCUT2D eigenvalue weighted by molar-refractivity contribution is 7.80. The van der Waals surface area contributed by atoms with Crippen molar-refractivity contribution in [2.24, 2.45) is 0 Å². The third-order valence-electron chi connectivity index (χ3n) is 4.10.